The topological polar surface area (TPSA) is 0 Å². The molecule has 0 bridgehead atoms. The molecule has 1 aromatic rings. The van der Waals surface area contributed by atoms with Crippen molar-refractivity contribution < 1.29 is 52.7 Å². The lowest BCUT2D eigenvalue weighted by atomic mass is 9.81. The zero-order chi connectivity index (χ0) is 18.6. The van der Waals surface area contributed by atoms with E-state index in [9.17, 15) is 52.7 Å². The third-order valence-corrected chi connectivity index (χ3v) is 2.51. The molecule has 13 heteroatoms. The van der Waals surface area contributed by atoms with Crippen molar-refractivity contribution in [3.05, 3.63) is 28.3 Å². The maximum Gasteiger partial charge on any atom is 0.417 e. The van der Waals surface area contributed by atoms with E-state index < -0.39 is 58.5 Å². The van der Waals surface area contributed by atoms with Gasteiger partial charge in [-0.1, -0.05) is 11.5 Å². The van der Waals surface area contributed by atoms with Gasteiger partial charge in [0, 0.05) is 0 Å². The molecule has 0 amide bonds. The van der Waals surface area contributed by atoms with E-state index in [2.05, 4.69) is 7.85 Å². The Morgan fingerprint density at radius 1 is 0.522 bits per heavy atom. The fourth-order valence-corrected chi connectivity index (χ4v) is 1.81. The minimum atomic E-state index is -6.38. The molecule has 0 saturated heterocycles. The van der Waals surface area contributed by atoms with Crippen LogP contribution in [0.4, 0.5) is 52.7 Å². The van der Waals surface area contributed by atoms with Crippen LogP contribution < -0.4 is 5.46 Å². The van der Waals surface area contributed by atoms with Crippen LogP contribution in [0.25, 0.3) is 0 Å². The normalized spacial score (nSPS) is 14.3. The summed E-state index contributed by atoms with van der Waals surface area (Å²) in [7, 11) is 4.53. The summed E-state index contributed by atoms with van der Waals surface area (Å²) in [6.45, 7) is 0. The molecule has 2 radical (unpaired) electrons. The second-order valence-electron chi connectivity index (χ2n) is 4.13. The molecular weight excluding hydrogens is 359 g/mol. The minimum absolute atomic E-state index is 0.819. The van der Waals surface area contributed by atoms with Gasteiger partial charge >= 0.3 is 24.7 Å². The van der Waals surface area contributed by atoms with E-state index >= 15 is 0 Å². The van der Waals surface area contributed by atoms with Gasteiger partial charge in [-0.05, 0) is 0 Å². The molecule has 0 heterocycles. The van der Waals surface area contributed by atoms with E-state index in [-0.39, 0.29) is 0 Å². The largest absolute Gasteiger partial charge is 0.417 e. The molecule has 0 aliphatic carbocycles. The van der Waals surface area contributed by atoms with Crippen molar-refractivity contribution in [2.75, 3.05) is 0 Å². The maximum atomic E-state index is 12.7. The Bertz CT molecular complexity index is 601. The summed E-state index contributed by atoms with van der Waals surface area (Å²) in [5.74, 6) is 0. The Labute approximate surface area is 120 Å². The summed E-state index contributed by atoms with van der Waals surface area (Å²) in [6.07, 6.45) is -24.8. The summed E-state index contributed by atoms with van der Waals surface area (Å²) >= 11 is 0. The molecular formula is C10HBF12. The molecule has 0 aromatic heterocycles. The molecule has 0 aliphatic heterocycles. The molecule has 1 rings (SSSR count). The molecule has 0 aliphatic rings. The van der Waals surface area contributed by atoms with Crippen LogP contribution in [0.5, 0.6) is 0 Å². The first-order chi connectivity index (χ1) is 9.88. The predicted octanol–water partition coefficient (Wildman–Crippen LogP) is 4.56. The van der Waals surface area contributed by atoms with Crippen LogP contribution in [-0.2, 0) is 24.7 Å². The van der Waals surface area contributed by atoms with Gasteiger partial charge < -0.3 is 0 Å². The van der Waals surface area contributed by atoms with Crippen molar-refractivity contribution in [1.29, 1.82) is 0 Å². The number of rotatable bonds is 0. The SMILES string of the molecule is [B]c1cc(C(F)(F)F)c(C(F)(F)F)c(C(F)(F)F)c1C(F)(F)F. The van der Waals surface area contributed by atoms with Crippen molar-refractivity contribution in [3.8, 4) is 0 Å². The second-order valence-corrected chi connectivity index (χ2v) is 4.13. The second kappa shape index (κ2) is 5.23. The van der Waals surface area contributed by atoms with Crippen molar-refractivity contribution in [2.24, 2.45) is 0 Å². The molecule has 0 nitrogen and oxygen atoms in total. The van der Waals surface area contributed by atoms with E-state index in [4.69, 9.17) is 0 Å². The average Bonchev–Trinajstić information content (AvgIpc) is 2.21. The van der Waals surface area contributed by atoms with Crippen LogP contribution in [0.1, 0.15) is 22.3 Å². The van der Waals surface area contributed by atoms with Crippen LogP contribution in [0.3, 0.4) is 0 Å². The lowest BCUT2D eigenvalue weighted by molar-refractivity contribution is -0.182. The zero-order valence-corrected chi connectivity index (χ0v) is 10.2. The van der Waals surface area contributed by atoms with Gasteiger partial charge in [0.2, 0.25) is 0 Å². The molecule has 23 heavy (non-hydrogen) atoms. The van der Waals surface area contributed by atoms with Crippen LogP contribution >= 0.6 is 0 Å². The predicted molar refractivity (Wildman–Crippen MR) is 51.8 cm³/mol. The number of benzene rings is 1. The third-order valence-electron chi connectivity index (χ3n) is 2.51. The smallest absolute Gasteiger partial charge is 0.166 e. The quantitative estimate of drug-likeness (QED) is 0.470. The maximum absolute atomic E-state index is 12.7. The van der Waals surface area contributed by atoms with Gasteiger partial charge in [-0.25, -0.2) is 0 Å². The van der Waals surface area contributed by atoms with Crippen LogP contribution in [0, 0.1) is 0 Å². The Balaban J connectivity index is 4.18. The highest BCUT2D eigenvalue weighted by Crippen LogP contribution is 2.50. The van der Waals surface area contributed by atoms with E-state index in [0.717, 1.165) is 0 Å². The van der Waals surface area contributed by atoms with Crippen molar-refractivity contribution >= 4 is 13.3 Å². The summed E-state index contributed by atoms with van der Waals surface area (Å²) in [5, 5.41) is 0. The standard InChI is InChI=1S/C10HBF12/c11-3-1-2(7(12,13)14)4(8(15,16)17)6(10(21,22)23)5(3)9(18,19)20/h1H. The van der Waals surface area contributed by atoms with Gasteiger partial charge in [-0.3, -0.25) is 0 Å². The Kier molecular flexibility index (Phi) is 4.43. The van der Waals surface area contributed by atoms with Crippen molar-refractivity contribution in [2.45, 2.75) is 24.7 Å². The van der Waals surface area contributed by atoms with Crippen LogP contribution in [-0.4, -0.2) is 7.85 Å². The lowest BCUT2D eigenvalue weighted by Gasteiger charge is -2.26. The number of hydrogen-bond acceptors (Lipinski definition) is 0. The summed E-state index contributed by atoms with van der Waals surface area (Å²) < 4.78 is 152. The summed E-state index contributed by atoms with van der Waals surface area (Å²) in [4.78, 5) is 0. The monoisotopic (exact) mass is 360 g/mol. The van der Waals surface area contributed by atoms with E-state index in [1.165, 1.54) is 0 Å². The Morgan fingerprint density at radius 3 is 1.13 bits per heavy atom. The molecule has 0 fully saturated rings. The number of alkyl halides is 12. The van der Waals surface area contributed by atoms with Gasteiger partial charge in [-0.15, -0.1) is 0 Å². The average molecular weight is 360 g/mol. The van der Waals surface area contributed by atoms with E-state index in [0.29, 0.717) is 0 Å². The van der Waals surface area contributed by atoms with Gasteiger partial charge in [-0.2, -0.15) is 52.7 Å². The minimum Gasteiger partial charge on any atom is -0.166 e. The molecule has 0 N–H and O–H groups in total. The van der Waals surface area contributed by atoms with Gasteiger partial charge in [0.25, 0.3) is 0 Å². The van der Waals surface area contributed by atoms with Crippen molar-refractivity contribution in [1.82, 2.24) is 0 Å². The zero-order valence-electron chi connectivity index (χ0n) is 10.2. The highest BCUT2D eigenvalue weighted by molar-refractivity contribution is 6.33. The third kappa shape index (κ3) is 3.86. The first kappa shape index (κ1) is 19.5. The highest BCUT2D eigenvalue weighted by atomic mass is 19.4. The number of halogens is 12. The molecule has 0 atom stereocenters. The van der Waals surface area contributed by atoms with Crippen LogP contribution in [0.15, 0.2) is 6.07 Å². The lowest BCUT2D eigenvalue weighted by Crippen LogP contribution is -2.33. The Morgan fingerprint density at radius 2 is 0.870 bits per heavy atom. The molecule has 1 aromatic carbocycles. The first-order valence-electron chi connectivity index (χ1n) is 5.13. The first-order valence-corrected chi connectivity index (χ1v) is 5.13. The van der Waals surface area contributed by atoms with E-state index in [1.54, 1.807) is 0 Å². The highest BCUT2D eigenvalue weighted by Gasteiger charge is 2.55. The van der Waals surface area contributed by atoms with Gasteiger partial charge in [0.1, 0.15) is 7.85 Å². The summed E-state index contributed by atoms with van der Waals surface area (Å²) in [6, 6.07) is -0.819. The molecule has 0 saturated carbocycles. The fourth-order valence-electron chi connectivity index (χ4n) is 1.81. The fraction of sp³-hybridized carbons (Fsp3) is 0.400. The Hall–Kier alpha value is -1.56. The van der Waals surface area contributed by atoms with Gasteiger partial charge in [0.05, 0.1) is 22.3 Å². The van der Waals surface area contributed by atoms with Crippen LogP contribution in [0.2, 0.25) is 0 Å². The molecule has 0 spiro atoms. The molecule has 128 valence electrons. The van der Waals surface area contributed by atoms with Crippen molar-refractivity contribution in [3.63, 3.8) is 0 Å². The molecule has 0 unspecified atom stereocenters. The number of hydrogen-bond donors (Lipinski definition) is 0. The van der Waals surface area contributed by atoms with Gasteiger partial charge in [0.15, 0.2) is 0 Å². The summed E-state index contributed by atoms with van der Waals surface area (Å²) in [5.41, 5.74) is -15.1. The van der Waals surface area contributed by atoms with E-state index in [1.807, 2.05) is 0 Å².